The van der Waals surface area contributed by atoms with Crippen molar-refractivity contribution in [3.63, 3.8) is 0 Å². The maximum atomic E-state index is 2.53. The highest BCUT2D eigenvalue weighted by Gasteiger charge is 2.08. The average Bonchev–Trinajstić information content (AvgIpc) is 2.75. The Hall–Kier alpha value is -1.56. The Bertz CT molecular complexity index is 640. The molecule has 0 spiro atoms. The molecule has 0 aliphatic rings. The molecule has 1 radical (unpaired) electrons. The standard InChI is InChI=1S/C29H43/c1-3-5-11-21-27-23-17-24-28(29(27)25-12-6-4-2)22-16-9-7-8-13-18-26-19-14-10-15-20-26/h10,14-15,17,19-20,22-24H,3-9,11-13,16,18,21,25H2,1-2H3. The first-order valence-electron chi connectivity index (χ1n) is 12.3. The van der Waals surface area contributed by atoms with Gasteiger partial charge in [0.25, 0.3) is 0 Å². The highest BCUT2D eigenvalue weighted by Crippen LogP contribution is 2.23. The molecule has 0 N–H and O–H groups in total. The van der Waals surface area contributed by atoms with Gasteiger partial charge in [0.15, 0.2) is 0 Å². The van der Waals surface area contributed by atoms with Crippen molar-refractivity contribution < 1.29 is 0 Å². The molecule has 159 valence electrons. The topological polar surface area (TPSA) is 0 Å². The minimum atomic E-state index is 1.23. The third kappa shape index (κ3) is 9.66. The van der Waals surface area contributed by atoms with Crippen LogP contribution in [0, 0.1) is 6.42 Å². The van der Waals surface area contributed by atoms with Crippen LogP contribution in [0.1, 0.15) is 107 Å². The van der Waals surface area contributed by atoms with Gasteiger partial charge in [0, 0.05) is 0 Å². The summed E-state index contributed by atoms with van der Waals surface area (Å²) in [6.45, 7) is 4.60. The molecule has 0 unspecified atom stereocenters. The quantitative estimate of drug-likeness (QED) is 0.251. The molecule has 0 atom stereocenters. The summed E-state index contributed by atoms with van der Waals surface area (Å²) >= 11 is 0. The lowest BCUT2D eigenvalue weighted by Crippen LogP contribution is -2.01. The molecule has 2 aromatic carbocycles. The highest BCUT2D eigenvalue weighted by molar-refractivity contribution is 5.39. The molecule has 0 saturated heterocycles. The molecular formula is C29H43. The van der Waals surface area contributed by atoms with Gasteiger partial charge in [-0.15, -0.1) is 0 Å². The van der Waals surface area contributed by atoms with Gasteiger partial charge in [-0.2, -0.15) is 0 Å². The lowest BCUT2D eigenvalue weighted by Gasteiger charge is -2.15. The Kier molecular flexibility index (Phi) is 12.5. The van der Waals surface area contributed by atoms with Gasteiger partial charge in [-0.25, -0.2) is 0 Å². The lowest BCUT2D eigenvalue weighted by molar-refractivity contribution is 0.638. The van der Waals surface area contributed by atoms with Crippen molar-refractivity contribution in [1.82, 2.24) is 0 Å². The zero-order chi connectivity index (χ0) is 20.6. The summed E-state index contributed by atoms with van der Waals surface area (Å²) in [5.74, 6) is 0. The summed E-state index contributed by atoms with van der Waals surface area (Å²) in [5, 5.41) is 0. The fraction of sp³-hybridized carbons (Fsp3) is 0.552. The maximum absolute atomic E-state index is 2.53. The summed E-state index contributed by atoms with van der Waals surface area (Å²) in [6, 6.07) is 17.9. The maximum Gasteiger partial charge on any atom is -0.00902 e. The number of rotatable bonds is 16. The second-order valence-corrected chi connectivity index (χ2v) is 8.54. The van der Waals surface area contributed by atoms with Crippen LogP contribution < -0.4 is 0 Å². The van der Waals surface area contributed by atoms with Crippen molar-refractivity contribution >= 4 is 0 Å². The third-order valence-corrected chi connectivity index (χ3v) is 6.02. The van der Waals surface area contributed by atoms with Gasteiger partial charge in [0.05, 0.1) is 0 Å². The number of unbranched alkanes of at least 4 members (excludes halogenated alkanes) is 8. The zero-order valence-electron chi connectivity index (χ0n) is 19.1. The van der Waals surface area contributed by atoms with E-state index in [2.05, 4.69) is 68.8 Å². The van der Waals surface area contributed by atoms with Crippen LogP contribution in [0.4, 0.5) is 0 Å². The molecule has 0 nitrogen and oxygen atoms in total. The van der Waals surface area contributed by atoms with Gasteiger partial charge >= 0.3 is 0 Å². The van der Waals surface area contributed by atoms with E-state index in [0.717, 1.165) is 0 Å². The van der Waals surface area contributed by atoms with E-state index in [0.29, 0.717) is 0 Å². The van der Waals surface area contributed by atoms with E-state index < -0.39 is 0 Å². The Balaban J connectivity index is 1.76. The third-order valence-electron chi connectivity index (χ3n) is 6.02. The first-order chi connectivity index (χ1) is 14.3. The van der Waals surface area contributed by atoms with Crippen molar-refractivity contribution in [2.75, 3.05) is 0 Å². The Morgan fingerprint density at radius 1 is 0.586 bits per heavy atom. The van der Waals surface area contributed by atoms with E-state index in [1.54, 1.807) is 11.1 Å². The minimum Gasteiger partial charge on any atom is -0.0654 e. The SMILES string of the molecule is CCCCCc1cccc([CH]CCCCCCc2ccccc2)c1CCCCC. The van der Waals surface area contributed by atoms with Gasteiger partial charge < -0.3 is 0 Å². The van der Waals surface area contributed by atoms with Gasteiger partial charge in [-0.05, 0) is 73.6 Å². The zero-order valence-corrected chi connectivity index (χ0v) is 19.1. The molecule has 2 aromatic rings. The van der Waals surface area contributed by atoms with Crippen LogP contribution in [0.15, 0.2) is 48.5 Å². The molecule has 29 heavy (non-hydrogen) atoms. The molecule has 0 fully saturated rings. The lowest BCUT2D eigenvalue weighted by atomic mass is 9.90. The van der Waals surface area contributed by atoms with Crippen LogP contribution in [0.3, 0.4) is 0 Å². The van der Waals surface area contributed by atoms with Crippen LogP contribution in [0.2, 0.25) is 0 Å². The molecule has 0 heterocycles. The first kappa shape index (κ1) is 23.7. The van der Waals surface area contributed by atoms with E-state index in [-0.39, 0.29) is 0 Å². The summed E-state index contributed by atoms with van der Waals surface area (Å²) in [6.07, 6.45) is 20.8. The van der Waals surface area contributed by atoms with E-state index in [1.165, 1.54) is 101 Å². The number of benzene rings is 2. The van der Waals surface area contributed by atoms with Gasteiger partial charge in [-0.3, -0.25) is 0 Å². The van der Waals surface area contributed by atoms with Crippen molar-refractivity contribution in [1.29, 1.82) is 0 Å². The van der Waals surface area contributed by atoms with E-state index in [1.807, 2.05) is 0 Å². The summed E-state index contributed by atoms with van der Waals surface area (Å²) in [5.41, 5.74) is 6.28. The van der Waals surface area contributed by atoms with E-state index in [9.17, 15) is 0 Å². The second kappa shape index (κ2) is 15.3. The van der Waals surface area contributed by atoms with Gasteiger partial charge in [0.2, 0.25) is 0 Å². The summed E-state index contributed by atoms with van der Waals surface area (Å²) < 4.78 is 0. The largest absolute Gasteiger partial charge is 0.0654 e. The average molecular weight is 392 g/mol. The molecule has 0 heteroatoms. The Labute approximate surface area is 181 Å². The molecule has 0 saturated carbocycles. The van der Waals surface area contributed by atoms with Crippen LogP contribution in [-0.4, -0.2) is 0 Å². The van der Waals surface area contributed by atoms with Crippen LogP contribution in [0.5, 0.6) is 0 Å². The first-order valence-corrected chi connectivity index (χ1v) is 12.3. The van der Waals surface area contributed by atoms with Gasteiger partial charge in [0.1, 0.15) is 0 Å². The molecular weight excluding hydrogens is 348 g/mol. The predicted molar refractivity (Wildman–Crippen MR) is 130 cm³/mol. The van der Waals surface area contributed by atoms with Crippen molar-refractivity contribution in [3.8, 4) is 0 Å². The summed E-state index contributed by atoms with van der Waals surface area (Å²) in [7, 11) is 0. The van der Waals surface area contributed by atoms with Crippen LogP contribution >= 0.6 is 0 Å². The van der Waals surface area contributed by atoms with Crippen LogP contribution in [-0.2, 0) is 19.3 Å². The molecule has 0 amide bonds. The molecule has 0 aliphatic heterocycles. The Morgan fingerprint density at radius 2 is 1.28 bits per heavy atom. The highest BCUT2D eigenvalue weighted by atomic mass is 14.1. The van der Waals surface area contributed by atoms with E-state index in [4.69, 9.17) is 0 Å². The molecule has 2 rings (SSSR count). The van der Waals surface area contributed by atoms with Crippen molar-refractivity contribution in [2.45, 2.75) is 104 Å². The smallest absolute Gasteiger partial charge is 0.00902 e. The summed E-state index contributed by atoms with van der Waals surface area (Å²) in [4.78, 5) is 0. The van der Waals surface area contributed by atoms with Gasteiger partial charge in [-0.1, -0.05) is 107 Å². The van der Waals surface area contributed by atoms with E-state index >= 15 is 0 Å². The van der Waals surface area contributed by atoms with Crippen LogP contribution in [0.25, 0.3) is 0 Å². The Morgan fingerprint density at radius 3 is 2.03 bits per heavy atom. The fourth-order valence-corrected chi connectivity index (χ4v) is 4.23. The number of hydrogen-bond acceptors (Lipinski definition) is 0. The fourth-order valence-electron chi connectivity index (χ4n) is 4.23. The predicted octanol–water partition coefficient (Wildman–Crippen LogP) is 8.90. The minimum absolute atomic E-state index is 1.23. The molecule has 0 aliphatic carbocycles. The number of aryl methyl sites for hydroxylation is 2. The number of hydrogen-bond donors (Lipinski definition) is 0. The monoisotopic (exact) mass is 391 g/mol. The second-order valence-electron chi connectivity index (χ2n) is 8.54. The van der Waals surface area contributed by atoms with Crippen molar-refractivity contribution in [3.05, 3.63) is 77.2 Å². The van der Waals surface area contributed by atoms with Crippen molar-refractivity contribution in [2.24, 2.45) is 0 Å². The molecule has 0 aromatic heterocycles. The molecule has 0 bridgehead atoms. The normalized spacial score (nSPS) is 11.1.